The fraction of sp³-hybridized carbons (Fsp3) is 0.176. The molecule has 0 bridgehead atoms. The standard InChI is InChI=1S/C17H17ClN4O/c18-12-7-2-1-5-11(12)6-4-10-23-14-9-3-8-13-15(14)16(19)22-17(20)21-13/h1-3,5,7-9H,4,6,10H2,(H4,19,20,21,22). The van der Waals surface area contributed by atoms with Gasteiger partial charge < -0.3 is 16.2 Å². The van der Waals surface area contributed by atoms with Gasteiger partial charge in [0.25, 0.3) is 0 Å². The lowest BCUT2D eigenvalue weighted by Crippen LogP contribution is -2.04. The summed E-state index contributed by atoms with van der Waals surface area (Å²) in [4.78, 5) is 8.17. The van der Waals surface area contributed by atoms with Gasteiger partial charge >= 0.3 is 0 Å². The molecule has 3 rings (SSSR count). The molecule has 0 saturated heterocycles. The first-order valence-electron chi connectivity index (χ1n) is 7.33. The van der Waals surface area contributed by atoms with Crippen molar-refractivity contribution in [3.8, 4) is 5.75 Å². The van der Waals surface area contributed by atoms with E-state index in [1.807, 2.05) is 42.5 Å². The van der Waals surface area contributed by atoms with Gasteiger partial charge in [-0.1, -0.05) is 35.9 Å². The van der Waals surface area contributed by atoms with Crippen LogP contribution in [0.3, 0.4) is 0 Å². The number of halogens is 1. The van der Waals surface area contributed by atoms with Crippen LogP contribution in [0.2, 0.25) is 5.02 Å². The number of benzene rings is 2. The van der Waals surface area contributed by atoms with Crippen LogP contribution in [0.15, 0.2) is 42.5 Å². The second kappa shape index (κ2) is 6.71. The van der Waals surface area contributed by atoms with Crippen LogP contribution in [0.1, 0.15) is 12.0 Å². The molecule has 2 aromatic carbocycles. The normalized spacial score (nSPS) is 10.8. The average Bonchev–Trinajstić information content (AvgIpc) is 2.52. The number of nitrogens with two attached hydrogens (primary N) is 2. The van der Waals surface area contributed by atoms with E-state index in [1.54, 1.807) is 0 Å². The zero-order valence-corrected chi connectivity index (χ0v) is 13.3. The molecule has 1 heterocycles. The van der Waals surface area contributed by atoms with E-state index in [9.17, 15) is 0 Å². The number of rotatable bonds is 5. The third-order valence-electron chi connectivity index (χ3n) is 3.54. The van der Waals surface area contributed by atoms with Crippen LogP contribution in [0, 0.1) is 0 Å². The van der Waals surface area contributed by atoms with Crippen LogP contribution >= 0.6 is 11.6 Å². The largest absolute Gasteiger partial charge is 0.493 e. The SMILES string of the molecule is Nc1nc(N)c2c(OCCCc3ccccc3Cl)cccc2n1. The van der Waals surface area contributed by atoms with Gasteiger partial charge in [0.15, 0.2) is 0 Å². The lowest BCUT2D eigenvalue weighted by atomic mass is 10.1. The van der Waals surface area contributed by atoms with Crippen LogP contribution in [0.5, 0.6) is 5.75 Å². The van der Waals surface area contributed by atoms with E-state index in [0.717, 1.165) is 23.4 Å². The lowest BCUT2D eigenvalue weighted by Gasteiger charge is -2.11. The molecule has 118 valence electrons. The maximum absolute atomic E-state index is 6.15. The molecular formula is C17H17ClN4O. The number of ether oxygens (including phenoxy) is 1. The summed E-state index contributed by atoms with van der Waals surface area (Å²) >= 11 is 6.15. The molecule has 0 amide bonds. The summed E-state index contributed by atoms with van der Waals surface area (Å²) in [5, 5.41) is 1.48. The van der Waals surface area contributed by atoms with E-state index in [1.165, 1.54) is 0 Å². The van der Waals surface area contributed by atoms with Gasteiger partial charge in [0.2, 0.25) is 5.95 Å². The van der Waals surface area contributed by atoms with Crippen molar-refractivity contribution in [3.05, 3.63) is 53.1 Å². The number of hydrogen-bond donors (Lipinski definition) is 2. The van der Waals surface area contributed by atoms with Crippen LogP contribution in [0.4, 0.5) is 11.8 Å². The summed E-state index contributed by atoms with van der Waals surface area (Å²) in [5.41, 5.74) is 13.4. The third-order valence-corrected chi connectivity index (χ3v) is 3.90. The second-order valence-electron chi connectivity index (χ2n) is 5.16. The molecule has 0 aliphatic carbocycles. The van der Waals surface area contributed by atoms with Crippen molar-refractivity contribution in [2.24, 2.45) is 0 Å². The highest BCUT2D eigenvalue weighted by Gasteiger charge is 2.09. The van der Waals surface area contributed by atoms with Gasteiger partial charge in [-0.15, -0.1) is 0 Å². The Labute approximate surface area is 139 Å². The summed E-state index contributed by atoms with van der Waals surface area (Å²) in [6.07, 6.45) is 1.69. The summed E-state index contributed by atoms with van der Waals surface area (Å²) in [5.74, 6) is 1.15. The molecular weight excluding hydrogens is 312 g/mol. The van der Waals surface area contributed by atoms with E-state index < -0.39 is 0 Å². The molecule has 0 unspecified atom stereocenters. The number of fused-ring (bicyclic) bond motifs is 1. The number of aromatic nitrogens is 2. The Balaban J connectivity index is 1.69. The number of hydrogen-bond acceptors (Lipinski definition) is 5. The van der Waals surface area contributed by atoms with Crippen molar-refractivity contribution < 1.29 is 4.74 Å². The number of anilines is 2. The molecule has 0 spiro atoms. The molecule has 3 aromatic rings. The first-order chi connectivity index (χ1) is 11.1. The van der Waals surface area contributed by atoms with Crippen LogP contribution in [0.25, 0.3) is 10.9 Å². The van der Waals surface area contributed by atoms with E-state index in [-0.39, 0.29) is 5.95 Å². The Morgan fingerprint density at radius 1 is 1.00 bits per heavy atom. The predicted molar refractivity (Wildman–Crippen MR) is 93.6 cm³/mol. The molecule has 0 radical (unpaired) electrons. The van der Waals surface area contributed by atoms with E-state index in [0.29, 0.717) is 29.1 Å². The molecule has 6 heteroatoms. The maximum Gasteiger partial charge on any atom is 0.222 e. The molecule has 5 nitrogen and oxygen atoms in total. The molecule has 0 atom stereocenters. The van der Waals surface area contributed by atoms with Crippen molar-refractivity contribution in [1.82, 2.24) is 9.97 Å². The topological polar surface area (TPSA) is 87.0 Å². The molecule has 23 heavy (non-hydrogen) atoms. The van der Waals surface area contributed by atoms with Gasteiger partial charge in [-0.3, -0.25) is 0 Å². The minimum absolute atomic E-state index is 0.158. The first kappa shape index (κ1) is 15.4. The Bertz CT molecular complexity index is 838. The summed E-state index contributed by atoms with van der Waals surface area (Å²) in [6, 6.07) is 13.4. The van der Waals surface area contributed by atoms with Crippen molar-refractivity contribution in [1.29, 1.82) is 0 Å². The Kier molecular flexibility index (Phi) is 4.48. The third kappa shape index (κ3) is 3.46. The fourth-order valence-corrected chi connectivity index (χ4v) is 2.69. The van der Waals surface area contributed by atoms with Crippen LogP contribution in [-0.4, -0.2) is 16.6 Å². The fourth-order valence-electron chi connectivity index (χ4n) is 2.46. The highest BCUT2D eigenvalue weighted by molar-refractivity contribution is 6.31. The van der Waals surface area contributed by atoms with E-state index in [4.69, 9.17) is 27.8 Å². The van der Waals surface area contributed by atoms with E-state index >= 15 is 0 Å². The lowest BCUT2D eigenvalue weighted by molar-refractivity contribution is 0.314. The Morgan fingerprint density at radius 3 is 2.65 bits per heavy atom. The minimum atomic E-state index is 0.158. The monoisotopic (exact) mass is 328 g/mol. The predicted octanol–water partition coefficient (Wildman–Crippen LogP) is 3.46. The highest BCUT2D eigenvalue weighted by Crippen LogP contribution is 2.29. The van der Waals surface area contributed by atoms with Crippen molar-refractivity contribution in [2.45, 2.75) is 12.8 Å². The highest BCUT2D eigenvalue weighted by atomic mass is 35.5. The van der Waals surface area contributed by atoms with Crippen molar-refractivity contribution in [2.75, 3.05) is 18.1 Å². The van der Waals surface area contributed by atoms with E-state index in [2.05, 4.69) is 9.97 Å². The van der Waals surface area contributed by atoms with Crippen molar-refractivity contribution in [3.63, 3.8) is 0 Å². The zero-order valence-electron chi connectivity index (χ0n) is 12.5. The number of nitrogen functional groups attached to an aromatic ring is 2. The molecule has 0 saturated carbocycles. The Morgan fingerprint density at radius 2 is 1.83 bits per heavy atom. The molecule has 1 aromatic heterocycles. The quantitative estimate of drug-likeness (QED) is 0.700. The first-order valence-corrected chi connectivity index (χ1v) is 7.71. The van der Waals surface area contributed by atoms with Crippen LogP contribution < -0.4 is 16.2 Å². The van der Waals surface area contributed by atoms with Gasteiger partial charge in [0, 0.05) is 5.02 Å². The molecule has 0 fully saturated rings. The maximum atomic E-state index is 6.15. The van der Waals surface area contributed by atoms with Crippen molar-refractivity contribution >= 4 is 34.3 Å². The summed E-state index contributed by atoms with van der Waals surface area (Å²) in [7, 11) is 0. The molecule has 4 N–H and O–H groups in total. The smallest absolute Gasteiger partial charge is 0.222 e. The van der Waals surface area contributed by atoms with Crippen LogP contribution in [-0.2, 0) is 6.42 Å². The Hall–Kier alpha value is -2.53. The molecule has 0 aliphatic rings. The molecule has 0 aliphatic heterocycles. The number of aryl methyl sites for hydroxylation is 1. The van der Waals surface area contributed by atoms with Gasteiger partial charge in [-0.05, 0) is 36.6 Å². The van der Waals surface area contributed by atoms with Gasteiger partial charge in [0.1, 0.15) is 11.6 Å². The second-order valence-corrected chi connectivity index (χ2v) is 5.57. The zero-order chi connectivity index (χ0) is 16.2. The summed E-state index contributed by atoms with van der Waals surface area (Å²) in [6.45, 7) is 0.550. The minimum Gasteiger partial charge on any atom is -0.493 e. The number of nitrogens with zero attached hydrogens (tertiary/aromatic N) is 2. The van der Waals surface area contributed by atoms with Gasteiger partial charge in [-0.25, -0.2) is 4.98 Å². The van der Waals surface area contributed by atoms with Gasteiger partial charge in [0.05, 0.1) is 17.5 Å². The van der Waals surface area contributed by atoms with Gasteiger partial charge in [-0.2, -0.15) is 4.98 Å². The average molecular weight is 329 g/mol. The summed E-state index contributed by atoms with van der Waals surface area (Å²) < 4.78 is 5.86.